The van der Waals surface area contributed by atoms with Crippen molar-refractivity contribution in [2.75, 3.05) is 12.4 Å². The highest BCUT2D eigenvalue weighted by atomic mass is 16.5. The van der Waals surface area contributed by atoms with Crippen LogP contribution in [0.25, 0.3) is 11.3 Å². The minimum atomic E-state index is 0.0844. The van der Waals surface area contributed by atoms with E-state index < -0.39 is 0 Å². The Bertz CT molecular complexity index is 826. The summed E-state index contributed by atoms with van der Waals surface area (Å²) in [5.74, 6) is 1.44. The first-order valence-corrected chi connectivity index (χ1v) is 7.81. The van der Waals surface area contributed by atoms with E-state index in [9.17, 15) is 0 Å². The molecule has 3 aromatic rings. The highest BCUT2D eigenvalue weighted by molar-refractivity contribution is 5.61. The van der Waals surface area contributed by atoms with Crippen LogP contribution >= 0.6 is 0 Å². The summed E-state index contributed by atoms with van der Waals surface area (Å²) >= 11 is 0. The molecule has 2 aromatic heterocycles. The van der Waals surface area contributed by atoms with Crippen molar-refractivity contribution >= 4 is 5.95 Å². The molecule has 0 spiro atoms. The van der Waals surface area contributed by atoms with Crippen molar-refractivity contribution in [3.63, 3.8) is 0 Å². The van der Waals surface area contributed by atoms with E-state index in [-0.39, 0.29) is 6.04 Å². The van der Waals surface area contributed by atoms with Gasteiger partial charge in [-0.2, -0.15) is 5.10 Å². The van der Waals surface area contributed by atoms with Crippen molar-refractivity contribution in [2.45, 2.75) is 19.9 Å². The van der Waals surface area contributed by atoms with Gasteiger partial charge in [-0.1, -0.05) is 12.1 Å². The Hall–Kier alpha value is -2.89. The average Bonchev–Trinajstić information content (AvgIpc) is 2.93. The van der Waals surface area contributed by atoms with Crippen molar-refractivity contribution in [3.05, 3.63) is 54.0 Å². The number of anilines is 1. The number of hydrogen-bond donors (Lipinski definition) is 1. The minimum Gasteiger partial charge on any atom is -0.497 e. The van der Waals surface area contributed by atoms with Gasteiger partial charge in [-0.15, -0.1) is 0 Å². The van der Waals surface area contributed by atoms with Gasteiger partial charge in [0.1, 0.15) is 5.75 Å². The molecule has 0 bridgehead atoms. The normalized spacial score (nSPS) is 12.0. The van der Waals surface area contributed by atoms with Gasteiger partial charge < -0.3 is 10.1 Å². The van der Waals surface area contributed by atoms with Crippen molar-refractivity contribution in [1.82, 2.24) is 19.7 Å². The quantitative estimate of drug-likeness (QED) is 0.780. The summed E-state index contributed by atoms with van der Waals surface area (Å²) in [7, 11) is 3.57. The Balaban J connectivity index is 1.80. The second kappa shape index (κ2) is 6.70. The lowest BCUT2D eigenvalue weighted by atomic mass is 10.1. The molecular formula is C18H21N5O. The van der Waals surface area contributed by atoms with E-state index in [0.717, 1.165) is 28.3 Å². The van der Waals surface area contributed by atoms with E-state index in [1.165, 1.54) is 0 Å². The van der Waals surface area contributed by atoms with Crippen LogP contribution in [0.15, 0.2) is 42.7 Å². The molecule has 6 heteroatoms. The molecule has 2 heterocycles. The molecule has 6 nitrogen and oxygen atoms in total. The molecule has 0 radical (unpaired) electrons. The molecule has 1 atom stereocenters. The third kappa shape index (κ3) is 3.37. The predicted molar refractivity (Wildman–Crippen MR) is 94.0 cm³/mol. The Morgan fingerprint density at radius 1 is 1.17 bits per heavy atom. The van der Waals surface area contributed by atoms with Gasteiger partial charge in [-0.3, -0.25) is 4.68 Å². The van der Waals surface area contributed by atoms with E-state index in [2.05, 4.69) is 27.3 Å². The third-order valence-corrected chi connectivity index (χ3v) is 3.91. The number of benzene rings is 1. The molecule has 124 valence electrons. The number of ether oxygens (including phenoxy) is 1. The molecule has 0 aliphatic carbocycles. The summed E-state index contributed by atoms with van der Waals surface area (Å²) < 4.78 is 6.98. The first-order valence-electron chi connectivity index (χ1n) is 7.81. The van der Waals surface area contributed by atoms with E-state index in [1.807, 2.05) is 50.5 Å². The molecule has 1 aromatic carbocycles. The Kier molecular flexibility index (Phi) is 4.46. The van der Waals surface area contributed by atoms with Crippen molar-refractivity contribution in [2.24, 2.45) is 7.05 Å². The number of methoxy groups -OCH3 is 1. The fourth-order valence-electron chi connectivity index (χ4n) is 2.60. The Morgan fingerprint density at radius 3 is 2.54 bits per heavy atom. The van der Waals surface area contributed by atoms with Crippen LogP contribution in [0.2, 0.25) is 0 Å². The van der Waals surface area contributed by atoms with E-state index >= 15 is 0 Å². The summed E-state index contributed by atoms with van der Waals surface area (Å²) in [5.41, 5.74) is 3.97. The number of hydrogen-bond acceptors (Lipinski definition) is 5. The molecule has 0 aliphatic heterocycles. The second-order valence-electron chi connectivity index (χ2n) is 5.71. The van der Waals surface area contributed by atoms with Gasteiger partial charge in [0, 0.05) is 25.0 Å². The van der Waals surface area contributed by atoms with Crippen LogP contribution in [0, 0.1) is 6.92 Å². The molecular weight excluding hydrogens is 302 g/mol. The minimum absolute atomic E-state index is 0.0844. The van der Waals surface area contributed by atoms with Gasteiger partial charge in [0.05, 0.1) is 24.5 Å². The zero-order chi connectivity index (χ0) is 17.1. The van der Waals surface area contributed by atoms with Gasteiger partial charge in [0.15, 0.2) is 0 Å². The van der Waals surface area contributed by atoms with Crippen LogP contribution in [0.1, 0.15) is 24.2 Å². The largest absolute Gasteiger partial charge is 0.497 e. The topological polar surface area (TPSA) is 64.9 Å². The number of rotatable bonds is 5. The molecule has 0 aliphatic rings. The van der Waals surface area contributed by atoms with Crippen molar-refractivity contribution in [3.8, 4) is 17.0 Å². The monoisotopic (exact) mass is 323 g/mol. The molecule has 0 saturated carbocycles. The number of nitrogens with one attached hydrogen (secondary N) is 1. The smallest absolute Gasteiger partial charge is 0.223 e. The molecule has 0 saturated heterocycles. The SMILES string of the molecule is COc1ccc([C@@H](C)Nc2nccc(-c3cn(C)nc3C)n2)cc1. The van der Waals surface area contributed by atoms with E-state index in [1.54, 1.807) is 18.0 Å². The van der Waals surface area contributed by atoms with Crippen LogP contribution in [0.5, 0.6) is 5.75 Å². The summed E-state index contributed by atoms with van der Waals surface area (Å²) in [6.07, 6.45) is 3.73. The van der Waals surface area contributed by atoms with Crippen LogP contribution in [0.3, 0.4) is 0 Å². The number of aryl methyl sites for hydroxylation is 2. The maximum atomic E-state index is 5.19. The molecule has 0 fully saturated rings. The predicted octanol–water partition coefficient (Wildman–Crippen LogP) is 3.37. The molecule has 1 N–H and O–H groups in total. The van der Waals surface area contributed by atoms with Gasteiger partial charge >= 0.3 is 0 Å². The molecule has 24 heavy (non-hydrogen) atoms. The lowest BCUT2D eigenvalue weighted by Crippen LogP contribution is -2.09. The Morgan fingerprint density at radius 2 is 1.92 bits per heavy atom. The maximum absolute atomic E-state index is 5.19. The standard InChI is InChI=1S/C18H21N5O/c1-12(14-5-7-15(24-4)8-6-14)20-18-19-10-9-17(21-18)16-11-23(3)22-13(16)2/h5-12H,1-4H3,(H,19,20,21)/t12-/m1/s1. The molecule has 3 rings (SSSR count). The third-order valence-electron chi connectivity index (χ3n) is 3.91. The number of aromatic nitrogens is 4. The summed E-state index contributed by atoms with van der Waals surface area (Å²) in [6.45, 7) is 4.05. The summed E-state index contributed by atoms with van der Waals surface area (Å²) in [5, 5.41) is 7.71. The number of nitrogens with zero attached hydrogens (tertiary/aromatic N) is 4. The summed E-state index contributed by atoms with van der Waals surface area (Å²) in [6, 6.07) is 9.94. The lowest BCUT2D eigenvalue weighted by Gasteiger charge is -2.15. The van der Waals surface area contributed by atoms with Gasteiger partial charge in [0.25, 0.3) is 0 Å². The van der Waals surface area contributed by atoms with Crippen LogP contribution in [0.4, 0.5) is 5.95 Å². The van der Waals surface area contributed by atoms with Gasteiger partial charge in [-0.05, 0) is 37.6 Å². The first kappa shape index (κ1) is 16.0. The average molecular weight is 323 g/mol. The zero-order valence-electron chi connectivity index (χ0n) is 14.3. The second-order valence-corrected chi connectivity index (χ2v) is 5.71. The lowest BCUT2D eigenvalue weighted by molar-refractivity contribution is 0.414. The Labute approximate surface area is 141 Å². The molecule has 0 unspecified atom stereocenters. The summed E-state index contributed by atoms with van der Waals surface area (Å²) in [4.78, 5) is 8.94. The van der Waals surface area contributed by atoms with Crippen LogP contribution < -0.4 is 10.1 Å². The first-order chi connectivity index (χ1) is 11.6. The zero-order valence-corrected chi connectivity index (χ0v) is 14.3. The van der Waals surface area contributed by atoms with E-state index in [0.29, 0.717) is 5.95 Å². The molecule has 0 amide bonds. The van der Waals surface area contributed by atoms with Crippen LogP contribution in [-0.4, -0.2) is 26.9 Å². The van der Waals surface area contributed by atoms with Gasteiger partial charge in [-0.25, -0.2) is 9.97 Å². The van der Waals surface area contributed by atoms with E-state index in [4.69, 9.17) is 4.74 Å². The van der Waals surface area contributed by atoms with Crippen LogP contribution in [-0.2, 0) is 7.05 Å². The van der Waals surface area contributed by atoms with Crippen molar-refractivity contribution in [1.29, 1.82) is 0 Å². The maximum Gasteiger partial charge on any atom is 0.223 e. The fraction of sp³-hybridized carbons (Fsp3) is 0.278. The van der Waals surface area contributed by atoms with Gasteiger partial charge in [0.2, 0.25) is 5.95 Å². The fourth-order valence-corrected chi connectivity index (χ4v) is 2.60. The highest BCUT2D eigenvalue weighted by Gasteiger charge is 2.11. The van der Waals surface area contributed by atoms with Crippen molar-refractivity contribution < 1.29 is 4.74 Å². The highest BCUT2D eigenvalue weighted by Crippen LogP contribution is 2.23.